The van der Waals surface area contributed by atoms with Gasteiger partial charge in [-0.05, 0) is 51.0 Å². The Morgan fingerprint density at radius 2 is 1.68 bits per heavy atom. The van der Waals surface area contributed by atoms with Gasteiger partial charge in [-0.25, -0.2) is 0 Å². The largest absolute Gasteiger partial charge is 0.346 e. The van der Waals surface area contributed by atoms with E-state index in [4.69, 9.17) is 0 Å². The van der Waals surface area contributed by atoms with Gasteiger partial charge >= 0.3 is 0 Å². The predicted octanol–water partition coefficient (Wildman–Crippen LogP) is 3.85. The van der Waals surface area contributed by atoms with E-state index >= 15 is 0 Å². The molecule has 4 nitrogen and oxygen atoms in total. The lowest BCUT2D eigenvalue weighted by Gasteiger charge is -2.14. The minimum absolute atomic E-state index is 0.0364. The average Bonchev–Trinajstić information content (AvgIpc) is 2.56. The summed E-state index contributed by atoms with van der Waals surface area (Å²) in [6, 6.07) is 13.9. The van der Waals surface area contributed by atoms with Gasteiger partial charge in [0.25, 0.3) is 0 Å². The van der Waals surface area contributed by atoms with Crippen LogP contribution in [0.3, 0.4) is 0 Å². The molecule has 132 valence electrons. The molecule has 0 saturated carbocycles. The highest BCUT2D eigenvalue weighted by Crippen LogP contribution is 2.24. The monoisotopic (exact) mass is 356 g/mol. The number of benzene rings is 2. The van der Waals surface area contributed by atoms with E-state index in [1.54, 1.807) is 0 Å². The Balaban J connectivity index is 1.85. The van der Waals surface area contributed by atoms with E-state index in [9.17, 15) is 9.59 Å². The second-order valence-corrected chi connectivity index (χ2v) is 7.52. The molecule has 2 aromatic carbocycles. The van der Waals surface area contributed by atoms with Gasteiger partial charge < -0.3 is 10.6 Å². The zero-order chi connectivity index (χ0) is 18.4. The van der Waals surface area contributed by atoms with Crippen LogP contribution in [-0.4, -0.2) is 23.6 Å². The van der Waals surface area contributed by atoms with E-state index in [1.165, 1.54) is 11.8 Å². The van der Waals surface area contributed by atoms with Crippen LogP contribution in [0, 0.1) is 20.8 Å². The van der Waals surface area contributed by atoms with Crippen LogP contribution in [0.4, 0.5) is 5.69 Å². The predicted molar refractivity (Wildman–Crippen MR) is 104 cm³/mol. The summed E-state index contributed by atoms with van der Waals surface area (Å²) in [6.45, 7) is 7.72. The third kappa shape index (κ3) is 5.64. The molecule has 0 aromatic heterocycles. The van der Waals surface area contributed by atoms with Crippen molar-refractivity contribution in [3.05, 3.63) is 59.2 Å². The molecule has 25 heavy (non-hydrogen) atoms. The number of anilines is 1. The van der Waals surface area contributed by atoms with Crippen LogP contribution in [0.2, 0.25) is 0 Å². The standard InChI is InChI=1S/C20H24N2O2S/c1-13-7-5-10-17(11-13)25-16(4)20(24)21-12-18(23)22-19-14(2)8-6-9-15(19)3/h5-11,16H,12H2,1-4H3,(H,21,24)(H,22,23). The number of carbonyl (C=O) groups is 2. The molecule has 0 aliphatic heterocycles. The number of rotatable bonds is 6. The normalized spacial score (nSPS) is 11.7. The third-order valence-electron chi connectivity index (χ3n) is 3.84. The zero-order valence-corrected chi connectivity index (χ0v) is 15.9. The maximum absolute atomic E-state index is 12.2. The first-order chi connectivity index (χ1) is 11.9. The van der Waals surface area contributed by atoms with Gasteiger partial charge in [-0.3, -0.25) is 9.59 Å². The van der Waals surface area contributed by atoms with Crippen LogP contribution in [0.25, 0.3) is 0 Å². The first-order valence-corrected chi connectivity index (χ1v) is 9.12. The molecule has 1 unspecified atom stereocenters. The Labute approximate surface area is 153 Å². The molecular weight excluding hydrogens is 332 g/mol. The molecule has 0 bridgehead atoms. The summed E-state index contributed by atoms with van der Waals surface area (Å²) in [5.41, 5.74) is 3.97. The number of aryl methyl sites for hydroxylation is 3. The summed E-state index contributed by atoms with van der Waals surface area (Å²) in [5, 5.41) is 5.31. The molecule has 0 spiro atoms. The highest BCUT2D eigenvalue weighted by atomic mass is 32.2. The Kier molecular flexibility index (Phi) is 6.65. The molecule has 0 aliphatic carbocycles. The molecule has 0 radical (unpaired) electrons. The molecular formula is C20H24N2O2S. The number of hydrogen-bond acceptors (Lipinski definition) is 3. The first-order valence-electron chi connectivity index (χ1n) is 8.24. The number of para-hydroxylation sites is 1. The summed E-state index contributed by atoms with van der Waals surface area (Å²) < 4.78 is 0. The van der Waals surface area contributed by atoms with Crippen molar-refractivity contribution in [3.8, 4) is 0 Å². The van der Waals surface area contributed by atoms with E-state index in [-0.39, 0.29) is 23.6 Å². The van der Waals surface area contributed by atoms with Crippen LogP contribution in [0.1, 0.15) is 23.6 Å². The van der Waals surface area contributed by atoms with Gasteiger partial charge in [0.15, 0.2) is 0 Å². The van der Waals surface area contributed by atoms with Gasteiger partial charge in [-0.15, -0.1) is 11.8 Å². The lowest BCUT2D eigenvalue weighted by atomic mass is 10.1. The maximum atomic E-state index is 12.2. The number of thioether (sulfide) groups is 1. The number of hydrogen-bond donors (Lipinski definition) is 2. The Hall–Kier alpha value is -2.27. The van der Waals surface area contributed by atoms with Gasteiger partial charge in [0.2, 0.25) is 11.8 Å². The van der Waals surface area contributed by atoms with Crippen LogP contribution in [0.15, 0.2) is 47.4 Å². The van der Waals surface area contributed by atoms with Crippen LogP contribution in [0.5, 0.6) is 0 Å². The fourth-order valence-corrected chi connectivity index (χ4v) is 3.46. The van der Waals surface area contributed by atoms with E-state index < -0.39 is 0 Å². The molecule has 5 heteroatoms. The maximum Gasteiger partial charge on any atom is 0.243 e. The lowest BCUT2D eigenvalue weighted by Crippen LogP contribution is -2.37. The van der Waals surface area contributed by atoms with Crippen molar-refractivity contribution in [1.29, 1.82) is 0 Å². The van der Waals surface area contributed by atoms with Crippen LogP contribution in [-0.2, 0) is 9.59 Å². The van der Waals surface area contributed by atoms with Crippen molar-refractivity contribution in [2.24, 2.45) is 0 Å². The van der Waals surface area contributed by atoms with Gasteiger partial charge in [-0.2, -0.15) is 0 Å². The van der Waals surface area contributed by atoms with E-state index in [0.717, 1.165) is 27.3 Å². The molecule has 0 heterocycles. The average molecular weight is 356 g/mol. The van der Waals surface area contributed by atoms with E-state index in [1.807, 2.05) is 70.2 Å². The van der Waals surface area contributed by atoms with Crippen LogP contribution < -0.4 is 10.6 Å². The van der Waals surface area contributed by atoms with Crippen molar-refractivity contribution >= 4 is 29.3 Å². The fourth-order valence-electron chi connectivity index (χ4n) is 2.45. The van der Waals surface area contributed by atoms with Gasteiger partial charge in [0, 0.05) is 10.6 Å². The Morgan fingerprint density at radius 1 is 1.04 bits per heavy atom. The summed E-state index contributed by atoms with van der Waals surface area (Å²) in [4.78, 5) is 25.4. The van der Waals surface area contributed by atoms with Crippen molar-refractivity contribution in [1.82, 2.24) is 5.32 Å². The number of nitrogens with one attached hydrogen (secondary N) is 2. The summed E-state index contributed by atoms with van der Waals surface area (Å²) in [7, 11) is 0. The molecule has 0 saturated heterocycles. The van der Waals surface area contributed by atoms with E-state index in [2.05, 4.69) is 10.6 Å². The molecule has 1 atom stereocenters. The molecule has 2 N–H and O–H groups in total. The molecule has 2 aromatic rings. The zero-order valence-electron chi connectivity index (χ0n) is 15.1. The minimum atomic E-state index is -0.269. The molecule has 2 amide bonds. The second-order valence-electron chi connectivity index (χ2n) is 6.11. The second kappa shape index (κ2) is 8.72. The highest BCUT2D eigenvalue weighted by molar-refractivity contribution is 8.00. The van der Waals surface area contributed by atoms with E-state index in [0.29, 0.717) is 0 Å². The van der Waals surface area contributed by atoms with Crippen molar-refractivity contribution in [3.63, 3.8) is 0 Å². The van der Waals surface area contributed by atoms with Crippen molar-refractivity contribution < 1.29 is 9.59 Å². The number of carbonyl (C=O) groups excluding carboxylic acids is 2. The Bertz CT molecular complexity index is 754. The van der Waals surface area contributed by atoms with Gasteiger partial charge in [-0.1, -0.05) is 35.9 Å². The summed E-state index contributed by atoms with van der Waals surface area (Å²) in [6.07, 6.45) is 0. The third-order valence-corrected chi connectivity index (χ3v) is 4.93. The number of amides is 2. The topological polar surface area (TPSA) is 58.2 Å². The fraction of sp³-hybridized carbons (Fsp3) is 0.300. The minimum Gasteiger partial charge on any atom is -0.346 e. The first kappa shape index (κ1) is 19.1. The van der Waals surface area contributed by atoms with Crippen LogP contribution >= 0.6 is 11.8 Å². The summed E-state index contributed by atoms with van der Waals surface area (Å²) >= 11 is 1.48. The highest BCUT2D eigenvalue weighted by Gasteiger charge is 2.16. The quantitative estimate of drug-likeness (QED) is 0.773. The lowest BCUT2D eigenvalue weighted by molar-refractivity contribution is -0.123. The van der Waals surface area contributed by atoms with Crippen molar-refractivity contribution in [2.75, 3.05) is 11.9 Å². The summed E-state index contributed by atoms with van der Waals surface area (Å²) in [5.74, 6) is -0.373. The smallest absolute Gasteiger partial charge is 0.243 e. The Morgan fingerprint density at radius 3 is 2.32 bits per heavy atom. The van der Waals surface area contributed by atoms with Gasteiger partial charge in [0.1, 0.15) is 0 Å². The van der Waals surface area contributed by atoms with Crippen molar-refractivity contribution in [2.45, 2.75) is 37.8 Å². The molecule has 2 rings (SSSR count). The molecule has 0 fully saturated rings. The molecule has 0 aliphatic rings. The van der Waals surface area contributed by atoms with Gasteiger partial charge in [0.05, 0.1) is 11.8 Å². The SMILES string of the molecule is Cc1cccc(SC(C)C(=O)NCC(=O)Nc2c(C)cccc2C)c1.